The van der Waals surface area contributed by atoms with Crippen molar-refractivity contribution in [3.8, 4) is 0 Å². The van der Waals surface area contributed by atoms with Crippen molar-refractivity contribution in [1.29, 1.82) is 0 Å². The smallest absolute Gasteiger partial charge is 0.407 e. The lowest BCUT2D eigenvalue weighted by molar-refractivity contribution is -0.143. The molecule has 8 nitrogen and oxygen atoms in total. The summed E-state index contributed by atoms with van der Waals surface area (Å²) in [5.41, 5.74) is 0.103. The molecular formula is C48H90N2O6. The Hall–Kier alpha value is -2.35. The summed E-state index contributed by atoms with van der Waals surface area (Å²) in [7, 11) is 4.21. The van der Waals surface area contributed by atoms with Gasteiger partial charge < -0.3 is 24.4 Å². The van der Waals surface area contributed by atoms with Gasteiger partial charge >= 0.3 is 18.0 Å². The summed E-state index contributed by atoms with van der Waals surface area (Å²) in [6.45, 7) is 16.2. The molecular weight excluding hydrogens is 701 g/mol. The molecule has 0 spiro atoms. The summed E-state index contributed by atoms with van der Waals surface area (Å²) in [6.07, 6.45) is 34.4. The Kier molecular flexibility index (Phi) is 34.3. The van der Waals surface area contributed by atoms with Gasteiger partial charge in [0.25, 0.3) is 0 Å². The molecule has 0 radical (unpaired) electrons. The number of carbonyl (C=O) groups excluding carboxylic acids is 3. The summed E-state index contributed by atoms with van der Waals surface area (Å²) < 4.78 is 16.5. The van der Waals surface area contributed by atoms with Crippen LogP contribution in [0.5, 0.6) is 0 Å². The van der Waals surface area contributed by atoms with Gasteiger partial charge in [0, 0.05) is 25.9 Å². The van der Waals surface area contributed by atoms with E-state index in [1.54, 1.807) is 0 Å². The van der Waals surface area contributed by atoms with Crippen LogP contribution in [0.25, 0.3) is 0 Å². The number of carbonyl (C=O) groups is 3. The van der Waals surface area contributed by atoms with Gasteiger partial charge in [0.1, 0.15) is 13.2 Å². The van der Waals surface area contributed by atoms with E-state index in [1.807, 2.05) is 12.2 Å². The first-order valence-corrected chi connectivity index (χ1v) is 23.0. The first-order chi connectivity index (χ1) is 26.8. The fourth-order valence-electron chi connectivity index (χ4n) is 7.78. The Morgan fingerprint density at radius 3 is 1.48 bits per heavy atom. The quantitative estimate of drug-likeness (QED) is 0.0288. The van der Waals surface area contributed by atoms with Crippen molar-refractivity contribution in [2.24, 2.45) is 16.7 Å². The second-order valence-corrected chi connectivity index (χ2v) is 18.2. The third-order valence-corrected chi connectivity index (χ3v) is 10.3. The summed E-state index contributed by atoms with van der Waals surface area (Å²) >= 11 is 0. The molecule has 0 rings (SSSR count). The van der Waals surface area contributed by atoms with Gasteiger partial charge in [-0.2, -0.15) is 0 Å². The third kappa shape index (κ3) is 37.2. The SMILES string of the molecule is CCCCCC/C=C\COC(=O)CCCCCCCC(CCCCCCCC(=O)OC/C=C\CCCCCC)COC(=O)NCC(C)(C)CC(C)(C)CN(C)C. The summed E-state index contributed by atoms with van der Waals surface area (Å²) in [5, 5.41) is 3.05. The van der Waals surface area contributed by atoms with Crippen LogP contribution < -0.4 is 5.32 Å². The van der Waals surface area contributed by atoms with Crippen LogP contribution in [0, 0.1) is 16.7 Å². The Morgan fingerprint density at radius 2 is 1.02 bits per heavy atom. The van der Waals surface area contributed by atoms with Crippen LogP contribution in [-0.2, 0) is 23.8 Å². The van der Waals surface area contributed by atoms with Crippen molar-refractivity contribution < 1.29 is 28.6 Å². The molecule has 328 valence electrons. The summed E-state index contributed by atoms with van der Waals surface area (Å²) in [6, 6.07) is 0. The maximum Gasteiger partial charge on any atom is 0.407 e. The fraction of sp³-hybridized carbons (Fsp3) is 0.854. The van der Waals surface area contributed by atoms with Crippen molar-refractivity contribution in [2.45, 2.75) is 202 Å². The number of nitrogens with zero attached hydrogens (tertiary/aromatic N) is 1. The first-order valence-electron chi connectivity index (χ1n) is 23.0. The fourth-order valence-corrected chi connectivity index (χ4v) is 7.78. The number of hydrogen-bond donors (Lipinski definition) is 1. The molecule has 0 aromatic rings. The van der Waals surface area contributed by atoms with Gasteiger partial charge in [-0.3, -0.25) is 9.59 Å². The van der Waals surface area contributed by atoms with Crippen LogP contribution in [0.15, 0.2) is 24.3 Å². The molecule has 0 saturated carbocycles. The van der Waals surface area contributed by atoms with E-state index >= 15 is 0 Å². The molecule has 0 aliphatic heterocycles. The maximum absolute atomic E-state index is 12.8. The lowest BCUT2D eigenvalue weighted by Crippen LogP contribution is -2.40. The molecule has 0 atom stereocenters. The van der Waals surface area contributed by atoms with Gasteiger partial charge in [-0.05, 0) is 88.6 Å². The molecule has 0 aliphatic rings. The molecule has 0 aliphatic carbocycles. The number of hydrogen-bond acceptors (Lipinski definition) is 7. The minimum atomic E-state index is -0.322. The highest BCUT2D eigenvalue weighted by atomic mass is 16.5. The van der Waals surface area contributed by atoms with Crippen LogP contribution in [0.1, 0.15) is 202 Å². The van der Waals surface area contributed by atoms with E-state index < -0.39 is 0 Å². The van der Waals surface area contributed by atoms with Gasteiger partial charge in [-0.25, -0.2) is 4.79 Å². The van der Waals surface area contributed by atoms with E-state index in [0.717, 1.165) is 103 Å². The lowest BCUT2D eigenvalue weighted by atomic mass is 9.75. The zero-order chi connectivity index (χ0) is 41.8. The largest absolute Gasteiger partial charge is 0.461 e. The molecule has 0 aromatic carbocycles. The molecule has 0 fully saturated rings. The molecule has 0 heterocycles. The minimum absolute atomic E-state index is 0.0411. The van der Waals surface area contributed by atoms with E-state index in [2.05, 4.69) is 78.0 Å². The lowest BCUT2D eigenvalue weighted by Gasteiger charge is -2.36. The van der Waals surface area contributed by atoms with Crippen molar-refractivity contribution in [2.75, 3.05) is 47.0 Å². The van der Waals surface area contributed by atoms with E-state index in [9.17, 15) is 14.4 Å². The number of unbranched alkanes of at least 4 members (excludes halogenated alkanes) is 16. The van der Waals surface area contributed by atoms with Gasteiger partial charge in [0.15, 0.2) is 0 Å². The molecule has 1 N–H and O–H groups in total. The van der Waals surface area contributed by atoms with Crippen LogP contribution in [0.2, 0.25) is 0 Å². The predicted octanol–water partition coefficient (Wildman–Crippen LogP) is 12.9. The molecule has 0 aromatic heterocycles. The van der Waals surface area contributed by atoms with Crippen molar-refractivity contribution in [3.63, 3.8) is 0 Å². The zero-order valence-electron chi connectivity index (χ0n) is 38.0. The van der Waals surface area contributed by atoms with Crippen molar-refractivity contribution in [1.82, 2.24) is 10.2 Å². The topological polar surface area (TPSA) is 94.2 Å². The van der Waals surface area contributed by atoms with Gasteiger partial charge in [-0.1, -0.05) is 156 Å². The maximum atomic E-state index is 12.8. The Morgan fingerprint density at radius 1 is 0.571 bits per heavy atom. The Bertz CT molecular complexity index is 969. The molecule has 8 heteroatoms. The Balaban J connectivity index is 4.54. The van der Waals surface area contributed by atoms with E-state index in [-0.39, 0.29) is 28.9 Å². The first kappa shape index (κ1) is 53.6. The van der Waals surface area contributed by atoms with Crippen LogP contribution in [-0.4, -0.2) is 69.9 Å². The number of rotatable bonds is 38. The van der Waals surface area contributed by atoms with Crippen molar-refractivity contribution >= 4 is 18.0 Å². The molecule has 0 bridgehead atoms. The highest BCUT2D eigenvalue weighted by molar-refractivity contribution is 5.69. The minimum Gasteiger partial charge on any atom is -0.461 e. The average Bonchev–Trinajstić information content (AvgIpc) is 3.12. The van der Waals surface area contributed by atoms with Crippen LogP contribution in [0.3, 0.4) is 0 Å². The van der Waals surface area contributed by atoms with Crippen LogP contribution in [0.4, 0.5) is 4.79 Å². The van der Waals surface area contributed by atoms with E-state index in [4.69, 9.17) is 14.2 Å². The highest BCUT2D eigenvalue weighted by Crippen LogP contribution is 2.33. The van der Waals surface area contributed by atoms with Gasteiger partial charge in [-0.15, -0.1) is 0 Å². The van der Waals surface area contributed by atoms with E-state index in [0.29, 0.717) is 45.1 Å². The number of esters is 2. The second-order valence-electron chi connectivity index (χ2n) is 18.2. The number of amides is 1. The highest BCUT2D eigenvalue weighted by Gasteiger charge is 2.30. The van der Waals surface area contributed by atoms with Crippen LogP contribution >= 0.6 is 0 Å². The number of nitrogens with one attached hydrogen (secondary N) is 1. The van der Waals surface area contributed by atoms with Gasteiger partial charge in [0.2, 0.25) is 0 Å². The average molecular weight is 791 g/mol. The normalized spacial score (nSPS) is 12.3. The van der Waals surface area contributed by atoms with E-state index in [1.165, 1.54) is 51.4 Å². The van der Waals surface area contributed by atoms with Crippen molar-refractivity contribution in [3.05, 3.63) is 24.3 Å². The predicted molar refractivity (Wildman–Crippen MR) is 236 cm³/mol. The molecule has 0 saturated heterocycles. The summed E-state index contributed by atoms with van der Waals surface area (Å²) in [5.74, 6) is 0.123. The summed E-state index contributed by atoms with van der Waals surface area (Å²) in [4.78, 5) is 39.2. The third-order valence-electron chi connectivity index (χ3n) is 10.3. The Labute approximate surface area is 346 Å². The molecule has 0 unspecified atom stereocenters. The standard InChI is InChI=1S/C48H90N2O6/c1-9-11-13-15-17-25-31-37-54-44(51)35-29-23-19-21-27-33-43(39-56-46(53)49-41-47(3,4)40-48(5,6)42-50(7)8)34-28-22-20-24-30-36-45(52)55-38-32-26-18-16-14-12-10-2/h25-26,31-32,43H,9-24,27-30,33-42H2,1-8H3,(H,49,53)/b31-25-,32-26-. The molecule has 1 amide bonds. The zero-order valence-corrected chi connectivity index (χ0v) is 38.0. The second kappa shape index (κ2) is 35.8. The molecule has 56 heavy (non-hydrogen) atoms. The number of alkyl carbamates (subject to hydrolysis) is 1. The van der Waals surface area contributed by atoms with Gasteiger partial charge in [0.05, 0.1) is 6.61 Å². The number of ether oxygens (including phenoxy) is 3. The number of allylic oxidation sites excluding steroid dienone is 2. The monoisotopic (exact) mass is 791 g/mol.